The maximum absolute atomic E-state index is 6.59. The Bertz CT molecular complexity index is 1680. The molecule has 11 nitrogen and oxygen atoms in total. The zero-order valence-electron chi connectivity index (χ0n) is 26.9. The van der Waals surface area contributed by atoms with Gasteiger partial charge in [0.1, 0.15) is 37.7 Å². The van der Waals surface area contributed by atoms with Crippen LogP contribution in [0.4, 0.5) is 17.1 Å². The lowest BCUT2D eigenvalue weighted by molar-refractivity contribution is -0.190. The zero-order chi connectivity index (χ0) is 32.9. The van der Waals surface area contributed by atoms with Crippen LogP contribution in [-0.2, 0) is 26.5 Å². The number of anilines is 2. The van der Waals surface area contributed by atoms with Crippen molar-refractivity contribution in [2.24, 2.45) is 4.99 Å². The normalized spacial score (nSPS) is 22.3. The van der Waals surface area contributed by atoms with Gasteiger partial charge in [-0.3, -0.25) is 0 Å². The summed E-state index contributed by atoms with van der Waals surface area (Å²) in [6, 6.07) is 22.7. The van der Waals surface area contributed by atoms with E-state index in [9.17, 15) is 0 Å². The molecular formula is C35H39Cl2N7O4. The van der Waals surface area contributed by atoms with Crippen molar-refractivity contribution in [2.75, 3.05) is 68.9 Å². The van der Waals surface area contributed by atoms with Gasteiger partial charge in [-0.15, -0.1) is 0 Å². The van der Waals surface area contributed by atoms with Gasteiger partial charge < -0.3 is 33.6 Å². The Hall–Kier alpha value is -4.03. The number of ether oxygens (including phenoxy) is 4. The Morgan fingerprint density at radius 2 is 1.67 bits per heavy atom. The highest BCUT2D eigenvalue weighted by Crippen LogP contribution is 2.40. The third kappa shape index (κ3) is 7.34. The van der Waals surface area contributed by atoms with Gasteiger partial charge in [0.25, 0.3) is 6.02 Å². The average Bonchev–Trinajstić information content (AvgIpc) is 3.79. The van der Waals surface area contributed by atoms with Crippen molar-refractivity contribution in [3.05, 3.63) is 95.0 Å². The standard InChI is InChI=1S/C35H39Cl2N7O4/c1-2-41-14-3-19-45-34(41)40-27-5-7-28(8-6-27)42-15-17-43(18-16-42)29-9-11-30(12-10-29)46-21-31-22-47-35(48-31,23-44-25-38-24-39-44)32-13-4-26(36)20-33(32)37/h4-13,20,24-25,31H,2-3,14-19,21-23H2,1H3/t31-,35-/m1/s1. The molecule has 0 aliphatic carbocycles. The second kappa shape index (κ2) is 14.6. The van der Waals surface area contributed by atoms with Gasteiger partial charge in [0.15, 0.2) is 0 Å². The lowest BCUT2D eigenvalue weighted by atomic mass is 10.1. The van der Waals surface area contributed by atoms with E-state index in [0.29, 0.717) is 28.8 Å². The summed E-state index contributed by atoms with van der Waals surface area (Å²) < 4.78 is 26.4. The van der Waals surface area contributed by atoms with Crippen molar-refractivity contribution in [1.29, 1.82) is 0 Å². The molecule has 0 spiro atoms. The first-order valence-corrected chi connectivity index (χ1v) is 17.1. The zero-order valence-corrected chi connectivity index (χ0v) is 28.4. The number of benzene rings is 3. The van der Waals surface area contributed by atoms with Crippen molar-refractivity contribution in [3.63, 3.8) is 0 Å². The SMILES string of the molecule is CCN1CCCOC1=Nc1ccc(N2CCN(c3ccc(OC[C@@H]4CO[C@@](Cn5cncn5)(c5ccc(Cl)cc5Cl)O4)cc3)CC2)cc1. The fourth-order valence-corrected chi connectivity index (χ4v) is 6.85. The molecule has 0 amide bonds. The van der Waals surface area contributed by atoms with E-state index in [0.717, 1.165) is 69.8 Å². The fourth-order valence-electron chi connectivity index (χ4n) is 6.30. The van der Waals surface area contributed by atoms with E-state index in [1.165, 1.54) is 17.7 Å². The highest BCUT2D eigenvalue weighted by atomic mass is 35.5. The number of rotatable bonds is 10. The molecular weight excluding hydrogens is 653 g/mol. The Balaban J connectivity index is 0.915. The molecule has 4 aromatic rings. The van der Waals surface area contributed by atoms with Gasteiger partial charge in [-0.1, -0.05) is 29.3 Å². The molecule has 3 saturated heterocycles. The monoisotopic (exact) mass is 691 g/mol. The molecule has 0 radical (unpaired) electrons. The van der Waals surface area contributed by atoms with E-state index < -0.39 is 5.79 Å². The third-order valence-corrected chi connectivity index (χ3v) is 9.40. The molecule has 0 bridgehead atoms. The van der Waals surface area contributed by atoms with Gasteiger partial charge in [-0.25, -0.2) is 9.67 Å². The number of aromatic nitrogens is 3. The summed E-state index contributed by atoms with van der Waals surface area (Å²) in [6.07, 6.45) is 3.81. The van der Waals surface area contributed by atoms with Crippen LogP contribution < -0.4 is 14.5 Å². The molecule has 1 aromatic heterocycles. The van der Waals surface area contributed by atoms with E-state index in [1.54, 1.807) is 23.1 Å². The highest BCUT2D eigenvalue weighted by molar-refractivity contribution is 6.35. The number of hydrogen-bond donors (Lipinski definition) is 0. The van der Waals surface area contributed by atoms with Gasteiger partial charge in [-0.2, -0.15) is 10.1 Å². The van der Waals surface area contributed by atoms with Crippen LogP contribution in [0, 0.1) is 0 Å². The van der Waals surface area contributed by atoms with Crippen LogP contribution in [0.2, 0.25) is 10.0 Å². The lowest BCUT2D eigenvalue weighted by Crippen LogP contribution is -2.46. The minimum atomic E-state index is -1.15. The lowest BCUT2D eigenvalue weighted by Gasteiger charge is -2.37. The van der Waals surface area contributed by atoms with Crippen molar-refractivity contribution in [1.82, 2.24) is 19.7 Å². The predicted octanol–water partition coefficient (Wildman–Crippen LogP) is 5.99. The van der Waals surface area contributed by atoms with Crippen LogP contribution in [0.3, 0.4) is 0 Å². The molecule has 48 heavy (non-hydrogen) atoms. The van der Waals surface area contributed by atoms with Crippen LogP contribution in [0.25, 0.3) is 0 Å². The van der Waals surface area contributed by atoms with Crippen LogP contribution in [0.1, 0.15) is 18.9 Å². The molecule has 3 aromatic carbocycles. The second-order valence-electron chi connectivity index (χ2n) is 12.0. The predicted molar refractivity (Wildman–Crippen MR) is 187 cm³/mol. The van der Waals surface area contributed by atoms with Gasteiger partial charge in [-0.05, 0) is 74.0 Å². The number of aliphatic imine (C=N–C) groups is 1. The highest BCUT2D eigenvalue weighted by Gasteiger charge is 2.45. The number of piperazine rings is 1. The van der Waals surface area contributed by atoms with Gasteiger partial charge in [0.05, 0.1) is 23.9 Å². The summed E-state index contributed by atoms with van der Waals surface area (Å²) in [7, 11) is 0. The molecule has 13 heteroatoms. The second-order valence-corrected chi connectivity index (χ2v) is 12.8. The maximum Gasteiger partial charge on any atom is 0.292 e. The molecule has 3 aliphatic rings. The molecule has 7 rings (SSSR count). The third-order valence-electron chi connectivity index (χ3n) is 8.85. The van der Waals surface area contributed by atoms with E-state index in [1.807, 2.05) is 18.2 Å². The van der Waals surface area contributed by atoms with E-state index in [2.05, 4.69) is 68.1 Å². The Labute approximate surface area is 290 Å². The summed E-state index contributed by atoms with van der Waals surface area (Å²) in [4.78, 5) is 15.8. The summed E-state index contributed by atoms with van der Waals surface area (Å²) in [5, 5.41) is 5.23. The molecule has 2 atom stereocenters. The Kier molecular flexibility index (Phi) is 9.90. The summed E-state index contributed by atoms with van der Waals surface area (Å²) >= 11 is 12.7. The van der Waals surface area contributed by atoms with Crippen LogP contribution in [-0.4, -0.2) is 90.9 Å². The Morgan fingerprint density at radius 3 is 2.33 bits per heavy atom. The van der Waals surface area contributed by atoms with Gasteiger partial charge in [0, 0.05) is 61.2 Å². The van der Waals surface area contributed by atoms with E-state index in [-0.39, 0.29) is 12.6 Å². The summed E-state index contributed by atoms with van der Waals surface area (Å²) in [5.41, 5.74) is 3.97. The van der Waals surface area contributed by atoms with Gasteiger partial charge in [0.2, 0.25) is 5.79 Å². The summed E-state index contributed by atoms with van der Waals surface area (Å²) in [6.45, 7) is 9.41. The largest absolute Gasteiger partial charge is 0.491 e. The van der Waals surface area contributed by atoms with Crippen LogP contribution in [0.15, 0.2) is 84.4 Å². The number of amidine groups is 1. The van der Waals surface area contributed by atoms with Crippen molar-refractivity contribution < 1.29 is 18.9 Å². The Morgan fingerprint density at radius 1 is 0.938 bits per heavy atom. The van der Waals surface area contributed by atoms with Crippen molar-refractivity contribution >= 4 is 46.3 Å². The average molecular weight is 693 g/mol. The number of hydrogen-bond acceptors (Lipinski definition) is 9. The molecule has 4 heterocycles. The van der Waals surface area contributed by atoms with Crippen LogP contribution in [0.5, 0.6) is 5.75 Å². The molecule has 3 fully saturated rings. The van der Waals surface area contributed by atoms with Gasteiger partial charge >= 0.3 is 0 Å². The quantitative estimate of drug-likeness (QED) is 0.199. The van der Waals surface area contributed by atoms with Crippen LogP contribution >= 0.6 is 23.2 Å². The first-order valence-electron chi connectivity index (χ1n) is 16.4. The first-order chi connectivity index (χ1) is 23.5. The molecule has 0 unspecified atom stereocenters. The fraction of sp³-hybridized carbons (Fsp3) is 0.400. The van der Waals surface area contributed by atoms with Crippen molar-refractivity contribution in [2.45, 2.75) is 31.8 Å². The van der Waals surface area contributed by atoms with E-state index in [4.69, 9.17) is 47.1 Å². The smallest absolute Gasteiger partial charge is 0.292 e. The first kappa shape index (κ1) is 32.5. The minimum absolute atomic E-state index is 0.279. The minimum Gasteiger partial charge on any atom is -0.491 e. The topological polar surface area (TPSA) is 89.7 Å². The maximum atomic E-state index is 6.59. The van der Waals surface area contributed by atoms with E-state index >= 15 is 0 Å². The number of nitrogens with zero attached hydrogens (tertiary/aromatic N) is 7. The molecule has 0 saturated carbocycles. The number of halogens is 2. The summed E-state index contributed by atoms with van der Waals surface area (Å²) in [5.74, 6) is -0.379. The molecule has 3 aliphatic heterocycles. The van der Waals surface area contributed by atoms with Crippen molar-refractivity contribution in [3.8, 4) is 5.75 Å². The molecule has 252 valence electrons. The molecule has 0 N–H and O–H groups in total.